The van der Waals surface area contributed by atoms with Crippen molar-refractivity contribution in [1.29, 1.82) is 0 Å². The monoisotopic (exact) mass is 302 g/mol. The van der Waals surface area contributed by atoms with Crippen LogP contribution in [0.3, 0.4) is 0 Å². The van der Waals surface area contributed by atoms with Gasteiger partial charge >= 0.3 is 0 Å². The molecule has 1 fully saturated rings. The van der Waals surface area contributed by atoms with Crippen molar-refractivity contribution in [3.63, 3.8) is 0 Å². The van der Waals surface area contributed by atoms with E-state index >= 15 is 0 Å². The van der Waals surface area contributed by atoms with Crippen LogP contribution in [0.5, 0.6) is 5.75 Å². The molecule has 0 atom stereocenters. The Morgan fingerprint density at radius 1 is 1.27 bits per heavy atom. The molecule has 1 aromatic heterocycles. The summed E-state index contributed by atoms with van der Waals surface area (Å²) in [6, 6.07) is 8.23. The van der Waals surface area contributed by atoms with E-state index in [9.17, 15) is 0 Å². The Hall–Kier alpha value is -1.92. The van der Waals surface area contributed by atoms with E-state index in [1.165, 1.54) is 5.56 Å². The first-order chi connectivity index (χ1) is 10.7. The van der Waals surface area contributed by atoms with Crippen LogP contribution >= 0.6 is 0 Å². The molecule has 0 spiro atoms. The number of hydrogen-bond acceptors (Lipinski definition) is 6. The van der Waals surface area contributed by atoms with Crippen LogP contribution in [0.4, 0.5) is 0 Å². The topological polar surface area (TPSA) is 77.4 Å². The molecule has 0 bridgehead atoms. The second-order valence-corrected chi connectivity index (χ2v) is 5.71. The minimum absolute atomic E-state index is 0.281. The Kier molecular flexibility index (Phi) is 4.70. The molecule has 6 heteroatoms. The lowest BCUT2D eigenvalue weighted by Crippen LogP contribution is -2.38. The summed E-state index contributed by atoms with van der Waals surface area (Å²) < 4.78 is 11.1. The third-order valence-electron chi connectivity index (χ3n) is 3.91. The molecule has 2 N–H and O–H groups in total. The van der Waals surface area contributed by atoms with Gasteiger partial charge in [0.05, 0.1) is 13.1 Å². The summed E-state index contributed by atoms with van der Waals surface area (Å²) >= 11 is 0. The van der Waals surface area contributed by atoms with Crippen LogP contribution in [0.25, 0.3) is 0 Å². The Labute approximate surface area is 130 Å². The third-order valence-corrected chi connectivity index (χ3v) is 3.91. The van der Waals surface area contributed by atoms with E-state index in [-0.39, 0.29) is 6.10 Å². The van der Waals surface area contributed by atoms with E-state index < -0.39 is 0 Å². The molecule has 2 heterocycles. The highest BCUT2D eigenvalue weighted by Gasteiger charge is 2.21. The summed E-state index contributed by atoms with van der Waals surface area (Å²) in [5.41, 5.74) is 6.72. The van der Waals surface area contributed by atoms with Gasteiger partial charge in [-0.1, -0.05) is 22.9 Å². The Balaban J connectivity index is 1.46. The molecule has 0 unspecified atom stereocenters. The predicted molar refractivity (Wildman–Crippen MR) is 82.3 cm³/mol. The van der Waals surface area contributed by atoms with Gasteiger partial charge in [-0.05, 0) is 31.9 Å². The van der Waals surface area contributed by atoms with Crippen LogP contribution < -0.4 is 10.5 Å². The molecule has 0 amide bonds. The van der Waals surface area contributed by atoms with Crippen LogP contribution in [0.2, 0.25) is 0 Å². The molecule has 1 aromatic carbocycles. The maximum atomic E-state index is 6.04. The van der Waals surface area contributed by atoms with E-state index in [1.807, 2.05) is 12.1 Å². The number of nitrogens with two attached hydrogens (primary N) is 1. The molecule has 22 heavy (non-hydrogen) atoms. The second kappa shape index (κ2) is 6.89. The Morgan fingerprint density at radius 2 is 2.00 bits per heavy atom. The number of ether oxygens (including phenoxy) is 1. The molecular weight excluding hydrogens is 280 g/mol. The number of aryl methyl sites for hydroxylation is 1. The van der Waals surface area contributed by atoms with Crippen molar-refractivity contribution in [2.24, 2.45) is 5.73 Å². The fraction of sp³-hybridized carbons (Fsp3) is 0.500. The largest absolute Gasteiger partial charge is 0.490 e. The van der Waals surface area contributed by atoms with Crippen molar-refractivity contribution >= 4 is 0 Å². The van der Waals surface area contributed by atoms with E-state index in [1.54, 1.807) is 0 Å². The van der Waals surface area contributed by atoms with Crippen molar-refractivity contribution in [3.05, 3.63) is 41.5 Å². The van der Waals surface area contributed by atoms with E-state index in [0.717, 1.165) is 31.7 Å². The summed E-state index contributed by atoms with van der Waals surface area (Å²) in [5.74, 6) is 2.15. The maximum Gasteiger partial charge on any atom is 0.240 e. The van der Waals surface area contributed by atoms with Gasteiger partial charge in [0.2, 0.25) is 5.89 Å². The van der Waals surface area contributed by atoms with Crippen molar-refractivity contribution in [2.45, 2.75) is 39.0 Å². The van der Waals surface area contributed by atoms with Gasteiger partial charge < -0.3 is 15.0 Å². The van der Waals surface area contributed by atoms with Gasteiger partial charge in [0.15, 0.2) is 5.82 Å². The van der Waals surface area contributed by atoms with Gasteiger partial charge in [-0.2, -0.15) is 4.98 Å². The zero-order valence-electron chi connectivity index (χ0n) is 12.9. The lowest BCUT2D eigenvalue weighted by Gasteiger charge is -2.31. The van der Waals surface area contributed by atoms with Crippen LogP contribution in [-0.2, 0) is 13.1 Å². The lowest BCUT2D eigenvalue weighted by molar-refractivity contribution is 0.0949. The molecule has 1 aliphatic heterocycles. The predicted octanol–water partition coefficient (Wildman–Crippen LogP) is 1.88. The van der Waals surface area contributed by atoms with Crippen molar-refractivity contribution < 1.29 is 9.26 Å². The van der Waals surface area contributed by atoms with E-state index in [2.05, 4.69) is 34.1 Å². The number of likely N-dealkylation sites (tertiary alicyclic amines) is 1. The fourth-order valence-electron chi connectivity index (χ4n) is 2.63. The number of benzene rings is 1. The van der Waals surface area contributed by atoms with Crippen LogP contribution in [-0.4, -0.2) is 34.2 Å². The highest BCUT2D eigenvalue weighted by atomic mass is 16.5. The maximum absolute atomic E-state index is 6.04. The number of piperidine rings is 1. The molecule has 6 nitrogen and oxygen atoms in total. The van der Waals surface area contributed by atoms with E-state index in [4.69, 9.17) is 15.0 Å². The SMILES string of the molecule is Cc1ccc(OC2CCN(Cc3noc(CN)n3)CC2)cc1. The van der Waals surface area contributed by atoms with Gasteiger partial charge in [0, 0.05) is 13.1 Å². The number of rotatable bonds is 5. The molecule has 1 aliphatic rings. The van der Waals surface area contributed by atoms with Crippen LogP contribution in [0.1, 0.15) is 30.1 Å². The number of nitrogens with zero attached hydrogens (tertiary/aromatic N) is 3. The molecule has 0 radical (unpaired) electrons. The summed E-state index contributed by atoms with van der Waals surface area (Å²) in [6.45, 7) is 5.03. The zero-order valence-corrected chi connectivity index (χ0v) is 12.9. The summed E-state index contributed by atoms with van der Waals surface area (Å²) in [6.07, 6.45) is 2.30. The molecule has 2 aromatic rings. The quantitative estimate of drug-likeness (QED) is 0.908. The fourth-order valence-corrected chi connectivity index (χ4v) is 2.63. The van der Waals surface area contributed by atoms with Crippen molar-refractivity contribution in [2.75, 3.05) is 13.1 Å². The first-order valence-electron chi connectivity index (χ1n) is 7.70. The third kappa shape index (κ3) is 3.84. The number of aromatic nitrogens is 2. The molecule has 0 aliphatic carbocycles. The summed E-state index contributed by atoms with van der Waals surface area (Å²) in [5, 5.41) is 3.94. The number of hydrogen-bond donors (Lipinski definition) is 1. The first-order valence-corrected chi connectivity index (χ1v) is 7.70. The van der Waals surface area contributed by atoms with Gasteiger partial charge in [-0.25, -0.2) is 0 Å². The van der Waals surface area contributed by atoms with Gasteiger partial charge in [-0.3, -0.25) is 4.90 Å². The molecule has 118 valence electrons. The van der Waals surface area contributed by atoms with Gasteiger partial charge in [-0.15, -0.1) is 0 Å². The Morgan fingerprint density at radius 3 is 2.64 bits per heavy atom. The van der Waals surface area contributed by atoms with Gasteiger partial charge in [0.25, 0.3) is 0 Å². The summed E-state index contributed by atoms with van der Waals surface area (Å²) in [7, 11) is 0. The van der Waals surface area contributed by atoms with Crippen molar-refractivity contribution in [1.82, 2.24) is 15.0 Å². The highest BCUT2D eigenvalue weighted by molar-refractivity contribution is 5.26. The van der Waals surface area contributed by atoms with Crippen LogP contribution in [0, 0.1) is 6.92 Å². The molecule has 3 rings (SSSR count). The average Bonchev–Trinajstić information content (AvgIpc) is 2.99. The first kappa shape index (κ1) is 15.0. The smallest absolute Gasteiger partial charge is 0.240 e. The van der Waals surface area contributed by atoms with E-state index in [0.29, 0.717) is 24.8 Å². The normalized spacial score (nSPS) is 16.8. The second-order valence-electron chi connectivity index (χ2n) is 5.71. The zero-order chi connectivity index (χ0) is 15.4. The average molecular weight is 302 g/mol. The van der Waals surface area contributed by atoms with Crippen LogP contribution in [0.15, 0.2) is 28.8 Å². The molecular formula is C16H22N4O2. The Bertz CT molecular complexity index is 588. The molecule has 1 saturated heterocycles. The highest BCUT2D eigenvalue weighted by Crippen LogP contribution is 2.20. The van der Waals surface area contributed by atoms with Crippen molar-refractivity contribution in [3.8, 4) is 5.75 Å². The minimum atomic E-state index is 0.281. The van der Waals surface area contributed by atoms with Gasteiger partial charge in [0.1, 0.15) is 11.9 Å². The molecule has 0 saturated carbocycles. The standard InChI is InChI=1S/C16H22N4O2/c1-12-2-4-13(5-3-12)21-14-6-8-20(9-7-14)11-15-18-16(10-17)22-19-15/h2-5,14H,6-11,17H2,1H3. The lowest BCUT2D eigenvalue weighted by atomic mass is 10.1. The summed E-state index contributed by atoms with van der Waals surface area (Å²) in [4.78, 5) is 6.56. The minimum Gasteiger partial charge on any atom is -0.490 e.